The highest BCUT2D eigenvalue weighted by Crippen LogP contribution is 2.43. The summed E-state index contributed by atoms with van der Waals surface area (Å²) in [4.78, 5) is 9.79. The molecule has 6 rings (SSSR count). The highest BCUT2D eigenvalue weighted by molar-refractivity contribution is 7.21. The number of aromatic hydroxyl groups is 1. The first-order chi connectivity index (χ1) is 18.8. The molecule has 0 radical (unpaired) electrons. The third-order valence-corrected chi connectivity index (χ3v) is 7.94. The number of hydrogen-bond donors (Lipinski definition) is 1. The Morgan fingerprint density at radius 3 is 2.41 bits per heavy atom. The van der Waals surface area contributed by atoms with Gasteiger partial charge in [-0.25, -0.2) is 9.37 Å². The van der Waals surface area contributed by atoms with Crippen LogP contribution in [0, 0.1) is 5.82 Å². The summed E-state index contributed by atoms with van der Waals surface area (Å²) >= 11 is 1.64. The van der Waals surface area contributed by atoms with Crippen LogP contribution < -0.4 is 0 Å². The van der Waals surface area contributed by atoms with Crippen LogP contribution in [0.2, 0.25) is 0 Å². The van der Waals surface area contributed by atoms with Gasteiger partial charge in [-0.3, -0.25) is 4.99 Å². The van der Waals surface area contributed by atoms with Crippen LogP contribution in [0.3, 0.4) is 0 Å². The van der Waals surface area contributed by atoms with Crippen molar-refractivity contribution in [3.05, 3.63) is 114 Å². The van der Waals surface area contributed by atoms with Crippen molar-refractivity contribution in [3.63, 3.8) is 0 Å². The Kier molecular flexibility index (Phi) is 6.24. The molecule has 5 aromatic carbocycles. The largest absolute Gasteiger partial charge is 0.507 e. The van der Waals surface area contributed by atoms with E-state index in [0.717, 1.165) is 31.9 Å². The van der Waals surface area contributed by atoms with Crippen LogP contribution in [0.25, 0.3) is 42.7 Å². The number of phenols is 1. The molecule has 3 nitrogen and oxygen atoms in total. The first kappa shape index (κ1) is 25.0. The zero-order chi connectivity index (χ0) is 27.1. The second-order valence-electron chi connectivity index (χ2n) is 10.6. The number of halogens is 1. The van der Waals surface area contributed by atoms with E-state index in [1.54, 1.807) is 11.3 Å². The third kappa shape index (κ3) is 4.82. The van der Waals surface area contributed by atoms with Crippen LogP contribution in [-0.4, -0.2) is 16.3 Å². The van der Waals surface area contributed by atoms with E-state index < -0.39 is 5.82 Å². The number of rotatable bonds is 4. The zero-order valence-electron chi connectivity index (χ0n) is 21.9. The second kappa shape index (κ2) is 9.75. The number of hydrogen-bond acceptors (Lipinski definition) is 4. The molecule has 0 unspecified atom stereocenters. The quantitative estimate of drug-likeness (QED) is 0.231. The number of nitrogens with zero attached hydrogens (tertiary/aromatic N) is 2. The van der Waals surface area contributed by atoms with Gasteiger partial charge in [-0.05, 0) is 69.8 Å². The molecule has 6 aromatic rings. The van der Waals surface area contributed by atoms with E-state index in [4.69, 9.17) is 4.98 Å². The van der Waals surface area contributed by atoms with Gasteiger partial charge < -0.3 is 5.11 Å². The molecule has 0 saturated heterocycles. The van der Waals surface area contributed by atoms with Crippen molar-refractivity contribution in [1.82, 2.24) is 4.98 Å². The van der Waals surface area contributed by atoms with E-state index in [1.165, 1.54) is 40.7 Å². The Morgan fingerprint density at radius 1 is 0.821 bits per heavy atom. The molecule has 0 spiro atoms. The molecular formula is C34H27FN2OS. The zero-order valence-corrected chi connectivity index (χ0v) is 22.8. The topological polar surface area (TPSA) is 45.5 Å². The summed E-state index contributed by atoms with van der Waals surface area (Å²) in [6.07, 6.45) is 1.49. The Labute approximate surface area is 231 Å². The van der Waals surface area contributed by atoms with Gasteiger partial charge in [0.05, 0.1) is 15.9 Å². The molecule has 0 aliphatic carbocycles. The van der Waals surface area contributed by atoms with Crippen LogP contribution in [0.4, 0.5) is 10.1 Å². The number of phenolic OH excluding ortho intramolecular Hbond substituents is 1. The van der Waals surface area contributed by atoms with E-state index in [0.29, 0.717) is 11.3 Å². The molecule has 0 aliphatic rings. The third-order valence-electron chi connectivity index (χ3n) is 6.91. The SMILES string of the molecule is CC(C)(C)c1cc(-c2cccc3ccccc23)c2nc(-c3ccccc3N=Cc3cc(F)ccc3O)sc2c1. The molecule has 0 atom stereocenters. The van der Waals surface area contributed by atoms with E-state index in [2.05, 4.69) is 80.4 Å². The van der Waals surface area contributed by atoms with E-state index in [9.17, 15) is 9.50 Å². The summed E-state index contributed by atoms with van der Waals surface area (Å²) in [7, 11) is 0. The minimum atomic E-state index is -0.427. The number of aromatic nitrogens is 1. The summed E-state index contributed by atoms with van der Waals surface area (Å²) in [5.74, 6) is -0.448. The van der Waals surface area contributed by atoms with Crippen LogP contribution in [0.15, 0.2) is 102 Å². The van der Waals surface area contributed by atoms with Crippen molar-refractivity contribution < 1.29 is 9.50 Å². The Hall–Kier alpha value is -4.35. The molecule has 0 fully saturated rings. The summed E-state index contributed by atoms with van der Waals surface area (Å²) in [6, 6.07) is 31.0. The lowest BCUT2D eigenvalue weighted by atomic mass is 9.84. The maximum Gasteiger partial charge on any atom is 0.126 e. The maximum absolute atomic E-state index is 13.7. The predicted octanol–water partition coefficient (Wildman–Crippen LogP) is 9.68. The van der Waals surface area contributed by atoms with Crippen LogP contribution in [-0.2, 0) is 5.41 Å². The summed E-state index contributed by atoms with van der Waals surface area (Å²) in [5, 5.41) is 13.4. The van der Waals surface area contributed by atoms with Crippen molar-refractivity contribution in [3.8, 4) is 27.4 Å². The fraction of sp³-hybridized carbons (Fsp3) is 0.118. The molecule has 1 N–H and O–H groups in total. The predicted molar refractivity (Wildman–Crippen MR) is 162 cm³/mol. The minimum absolute atomic E-state index is 0.0212. The Balaban J connectivity index is 1.54. The highest BCUT2D eigenvalue weighted by Gasteiger charge is 2.21. The maximum atomic E-state index is 13.7. The van der Waals surface area contributed by atoms with E-state index in [-0.39, 0.29) is 11.2 Å². The number of benzene rings is 5. The molecule has 1 heterocycles. The monoisotopic (exact) mass is 530 g/mol. The summed E-state index contributed by atoms with van der Waals surface area (Å²) in [5.41, 5.74) is 6.35. The average molecular weight is 531 g/mol. The summed E-state index contributed by atoms with van der Waals surface area (Å²) in [6.45, 7) is 6.69. The molecule has 0 amide bonds. The van der Waals surface area contributed by atoms with Crippen molar-refractivity contribution in [1.29, 1.82) is 0 Å². The Bertz CT molecular complexity index is 1880. The normalized spacial score (nSPS) is 12.1. The number of fused-ring (bicyclic) bond motifs is 2. The van der Waals surface area contributed by atoms with Gasteiger partial charge >= 0.3 is 0 Å². The second-order valence-corrected chi connectivity index (χ2v) is 11.7. The molecule has 0 saturated carbocycles. The van der Waals surface area contributed by atoms with Gasteiger partial charge in [-0.2, -0.15) is 0 Å². The molecule has 0 aliphatic heterocycles. The van der Waals surface area contributed by atoms with E-state index >= 15 is 0 Å². The van der Waals surface area contributed by atoms with Crippen molar-refractivity contribution in [2.75, 3.05) is 0 Å². The van der Waals surface area contributed by atoms with Crippen LogP contribution >= 0.6 is 11.3 Å². The molecule has 0 bridgehead atoms. The summed E-state index contributed by atoms with van der Waals surface area (Å²) < 4.78 is 14.9. The lowest BCUT2D eigenvalue weighted by Gasteiger charge is -2.20. The van der Waals surface area contributed by atoms with Crippen molar-refractivity contribution in [2.45, 2.75) is 26.2 Å². The lowest BCUT2D eigenvalue weighted by molar-refractivity contribution is 0.472. The van der Waals surface area contributed by atoms with Crippen molar-refractivity contribution >= 4 is 44.2 Å². The average Bonchev–Trinajstić information content (AvgIpc) is 3.37. The lowest BCUT2D eigenvalue weighted by Crippen LogP contribution is -2.11. The van der Waals surface area contributed by atoms with Gasteiger partial charge in [0, 0.05) is 22.9 Å². The highest BCUT2D eigenvalue weighted by atomic mass is 32.1. The fourth-order valence-corrected chi connectivity index (χ4v) is 5.84. The standard InChI is InChI=1S/C34H27FN2OS/c1-34(2,3)23-18-28(26-13-8-10-21-9-4-5-11-25(21)26)32-31(19-23)39-33(37-32)27-12-6-7-14-29(27)36-20-22-17-24(35)15-16-30(22)38/h4-20,38H,1-3H3. The van der Waals surface area contributed by atoms with Gasteiger partial charge in [0.1, 0.15) is 16.6 Å². The molecule has 5 heteroatoms. The van der Waals surface area contributed by atoms with Gasteiger partial charge in [0.2, 0.25) is 0 Å². The smallest absolute Gasteiger partial charge is 0.126 e. The van der Waals surface area contributed by atoms with Crippen molar-refractivity contribution in [2.24, 2.45) is 4.99 Å². The molecule has 1 aromatic heterocycles. The number of aliphatic imine (C=N–C) groups is 1. The first-order valence-electron chi connectivity index (χ1n) is 12.8. The van der Waals surface area contributed by atoms with Crippen LogP contribution in [0.5, 0.6) is 5.75 Å². The number of para-hydroxylation sites is 1. The molecular weight excluding hydrogens is 503 g/mol. The van der Waals surface area contributed by atoms with Gasteiger partial charge in [0.15, 0.2) is 0 Å². The van der Waals surface area contributed by atoms with Gasteiger partial charge in [-0.15, -0.1) is 11.3 Å². The van der Waals surface area contributed by atoms with Gasteiger partial charge in [-0.1, -0.05) is 75.4 Å². The van der Waals surface area contributed by atoms with E-state index in [1.807, 2.05) is 24.3 Å². The van der Waals surface area contributed by atoms with Crippen LogP contribution in [0.1, 0.15) is 31.9 Å². The first-order valence-corrected chi connectivity index (χ1v) is 13.6. The molecule has 39 heavy (non-hydrogen) atoms. The molecule has 192 valence electrons. The number of thiazole rings is 1. The fourth-order valence-electron chi connectivity index (χ4n) is 4.78. The van der Waals surface area contributed by atoms with Gasteiger partial charge in [0.25, 0.3) is 0 Å². The Morgan fingerprint density at radius 2 is 1.56 bits per heavy atom. The minimum Gasteiger partial charge on any atom is -0.507 e.